The number of alkyl halides is 3. The smallest absolute Gasteiger partial charge is 0.330 e. The molecule has 0 radical (unpaired) electrons. The largest absolute Gasteiger partial charge is 0.418 e. The van der Waals surface area contributed by atoms with Crippen LogP contribution in [0.2, 0.25) is 0 Å². The molecule has 1 aliphatic heterocycles. The second-order valence-corrected chi connectivity index (χ2v) is 7.52. The molecule has 5 nitrogen and oxygen atoms in total. The second-order valence-electron chi connectivity index (χ2n) is 5.51. The van der Waals surface area contributed by atoms with Crippen molar-refractivity contribution in [1.82, 2.24) is 5.32 Å². The average Bonchev–Trinajstić information content (AvgIpc) is 2.78. The zero-order chi connectivity index (χ0) is 18.2. The maximum Gasteiger partial charge on any atom is 0.418 e. The summed E-state index contributed by atoms with van der Waals surface area (Å²) in [6.07, 6.45) is -4.62. The fourth-order valence-corrected chi connectivity index (χ4v) is 4.46. The fraction of sp³-hybridized carbons (Fsp3) is 0.188. The van der Waals surface area contributed by atoms with Gasteiger partial charge in [0.15, 0.2) is 9.84 Å². The summed E-state index contributed by atoms with van der Waals surface area (Å²) in [7, 11) is -3.53. The summed E-state index contributed by atoms with van der Waals surface area (Å²) in [4.78, 5) is 12.2. The molecule has 0 saturated carbocycles. The molecule has 2 N–H and O–H groups in total. The van der Waals surface area contributed by atoms with Crippen LogP contribution in [0, 0.1) is 0 Å². The lowest BCUT2D eigenvalue weighted by molar-refractivity contribution is -0.136. The number of sulfone groups is 1. The predicted molar refractivity (Wildman–Crippen MR) is 84.8 cm³/mol. The highest BCUT2D eigenvalue weighted by molar-refractivity contribution is 7.91. The van der Waals surface area contributed by atoms with Gasteiger partial charge >= 0.3 is 12.2 Å². The first-order valence-corrected chi connectivity index (χ1v) is 8.89. The Morgan fingerprint density at radius 1 is 1.04 bits per heavy atom. The van der Waals surface area contributed by atoms with Gasteiger partial charge in [-0.15, -0.1) is 0 Å². The molecule has 0 aromatic heterocycles. The highest BCUT2D eigenvalue weighted by atomic mass is 32.2. The maximum absolute atomic E-state index is 13.0. The van der Waals surface area contributed by atoms with Gasteiger partial charge in [-0.25, -0.2) is 13.2 Å². The highest BCUT2D eigenvalue weighted by Crippen LogP contribution is 2.35. The highest BCUT2D eigenvalue weighted by Gasteiger charge is 2.36. The molecule has 1 heterocycles. The number of para-hydroxylation sites is 1. The lowest BCUT2D eigenvalue weighted by atomic mass is 10.1. The van der Waals surface area contributed by atoms with Crippen LogP contribution in [0.15, 0.2) is 53.4 Å². The molecule has 0 bridgehead atoms. The van der Waals surface area contributed by atoms with Gasteiger partial charge in [0, 0.05) is 0 Å². The van der Waals surface area contributed by atoms with E-state index in [9.17, 15) is 26.4 Å². The summed E-state index contributed by atoms with van der Waals surface area (Å²) in [6.45, 7) is 0. The van der Waals surface area contributed by atoms with Crippen molar-refractivity contribution in [3.05, 3.63) is 59.7 Å². The molecule has 0 saturated heterocycles. The number of amides is 2. The third-order valence-corrected chi connectivity index (χ3v) is 5.62. The van der Waals surface area contributed by atoms with Crippen molar-refractivity contribution in [2.45, 2.75) is 17.1 Å². The standard InChI is InChI=1S/C16H13F3N2O3S/c17-16(18,19)11-6-2-3-7-12(11)20-15(22)21-13-9-25(23,24)14-8-4-1-5-10(13)14/h1-8,13H,9H2,(H2,20,21,22)/t13-/m0/s1. The van der Waals surface area contributed by atoms with Crippen molar-refractivity contribution in [3.63, 3.8) is 0 Å². The quantitative estimate of drug-likeness (QED) is 0.851. The van der Waals surface area contributed by atoms with E-state index in [2.05, 4.69) is 10.6 Å². The summed E-state index contributed by atoms with van der Waals surface area (Å²) in [6, 6.07) is 9.02. The molecular weight excluding hydrogens is 357 g/mol. The number of carbonyl (C=O) groups is 1. The van der Waals surface area contributed by atoms with Gasteiger partial charge < -0.3 is 10.6 Å². The molecule has 0 aliphatic carbocycles. The van der Waals surface area contributed by atoms with E-state index in [4.69, 9.17) is 0 Å². The Labute approximate surface area is 141 Å². The first-order chi connectivity index (χ1) is 11.7. The summed E-state index contributed by atoms with van der Waals surface area (Å²) in [5.41, 5.74) is -0.965. The molecule has 25 heavy (non-hydrogen) atoms. The number of carbonyl (C=O) groups excluding carboxylic acids is 1. The fourth-order valence-electron chi connectivity index (χ4n) is 2.73. The number of hydrogen-bond acceptors (Lipinski definition) is 3. The van der Waals surface area contributed by atoms with Crippen molar-refractivity contribution < 1.29 is 26.4 Å². The number of nitrogens with one attached hydrogen (secondary N) is 2. The van der Waals surface area contributed by atoms with Crippen LogP contribution in [0.3, 0.4) is 0 Å². The van der Waals surface area contributed by atoms with Crippen LogP contribution in [0.4, 0.5) is 23.7 Å². The Kier molecular flexibility index (Phi) is 4.19. The molecule has 2 amide bonds. The Balaban J connectivity index is 1.80. The SMILES string of the molecule is O=C(Nc1ccccc1C(F)(F)F)N[C@H]1CS(=O)(=O)c2ccccc21. The Hall–Kier alpha value is -2.55. The summed E-state index contributed by atoms with van der Waals surface area (Å²) < 4.78 is 63.0. The van der Waals surface area contributed by atoms with E-state index < -0.39 is 39.3 Å². The first-order valence-electron chi connectivity index (χ1n) is 7.24. The molecule has 0 unspecified atom stereocenters. The molecular formula is C16H13F3N2O3S. The Morgan fingerprint density at radius 3 is 2.40 bits per heavy atom. The monoisotopic (exact) mass is 370 g/mol. The van der Waals surface area contributed by atoms with Crippen LogP contribution in [0.1, 0.15) is 17.2 Å². The molecule has 2 aromatic carbocycles. The van der Waals surface area contributed by atoms with E-state index in [1.807, 2.05) is 0 Å². The predicted octanol–water partition coefficient (Wildman–Crippen LogP) is 3.36. The van der Waals surface area contributed by atoms with Crippen molar-refractivity contribution >= 4 is 21.6 Å². The van der Waals surface area contributed by atoms with Crippen molar-refractivity contribution in [2.24, 2.45) is 0 Å². The van der Waals surface area contributed by atoms with E-state index >= 15 is 0 Å². The van der Waals surface area contributed by atoms with Gasteiger partial charge in [0.1, 0.15) is 0 Å². The van der Waals surface area contributed by atoms with Gasteiger partial charge in [-0.2, -0.15) is 13.2 Å². The van der Waals surface area contributed by atoms with E-state index in [-0.39, 0.29) is 10.6 Å². The molecule has 2 aromatic rings. The molecule has 0 fully saturated rings. The van der Waals surface area contributed by atoms with Crippen LogP contribution in [-0.4, -0.2) is 20.2 Å². The lowest BCUT2D eigenvalue weighted by Crippen LogP contribution is -2.34. The maximum atomic E-state index is 13.0. The minimum atomic E-state index is -4.62. The molecule has 132 valence electrons. The van der Waals surface area contributed by atoms with Crippen molar-refractivity contribution in [1.29, 1.82) is 0 Å². The van der Waals surface area contributed by atoms with Gasteiger partial charge in [-0.3, -0.25) is 0 Å². The number of halogens is 3. The van der Waals surface area contributed by atoms with E-state index in [0.717, 1.165) is 12.1 Å². The molecule has 3 rings (SSSR count). The number of benzene rings is 2. The summed E-state index contributed by atoms with van der Waals surface area (Å²) in [5, 5.41) is 4.56. The van der Waals surface area contributed by atoms with Crippen LogP contribution in [0.25, 0.3) is 0 Å². The van der Waals surface area contributed by atoms with Gasteiger partial charge in [-0.1, -0.05) is 30.3 Å². The minimum absolute atomic E-state index is 0.121. The van der Waals surface area contributed by atoms with E-state index in [0.29, 0.717) is 5.56 Å². The van der Waals surface area contributed by atoms with Crippen LogP contribution < -0.4 is 10.6 Å². The second kappa shape index (κ2) is 6.07. The summed E-state index contributed by atoms with van der Waals surface area (Å²) in [5.74, 6) is -0.333. The van der Waals surface area contributed by atoms with Gasteiger partial charge in [0.25, 0.3) is 0 Å². The van der Waals surface area contributed by atoms with Gasteiger partial charge in [0.05, 0.1) is 27.9 Å². The van der Waals surface area contributed by atoms with Gasteiger partial charge in [-0.05, 0) is 23.8 Å². The number of hydrogen-bond donors (Lipinski definition) is 2. The lowest BCUT2D eigenvalue weighted by Gasteiger charge is -2.16. The number of rotatable bonds is 2. The third-order valence-electron chi connectivity index (χ3n) is 3.80. The van der Waals surface area contributed by atoms with E-state index in [1.54, 1.807) is 18.2 Å². The summed E-state index contributed by atoms with van der Waals surface area (Å²) >= 11 is 0. The molecule has 1 aliphatic rings. The van der Waals surface area contributed by atoms with Gasteiger partial charge in [0.2, 0.25) is 0 Å². The third kappa shape index (κ3) is 3.46. The van der Waals surface area contributed by atoms with Crippen molar-refractivity contribution in [2.75, 3.05) is 11.1 Å². The number of fused-ring (bicyclic) bond motifs is 1. The Morgan fingerprint density at radius 2 is 1.68 bits per heavy atom. The topological polar surface area (TPSA) is 75.3 Å². The normalized spacial score (nSPS) is 18.4. The first kappa shape index (κ1) is 17.3. The van der Waals surface area contributed by atoms with E-state index in [1.165, 1.54) is 18.2 Å². The molecule has 9 heteroatoms. The zero-order valence-corrected chi connectivity index (χ0v) is 13.5. The van der Waals surface area contributed by atoms with Crippen LogP contribution in [0.5, 0.6) is 0 Å². The van der Waals surface area contributed by atoms with Crippen LogP contribution in [-0.2, 0) is 16.0 Å². The van der Waals surface area contributed by atoms with Crippen molar-refractivity contribution in [3.8, 4) is 0 Å². The molecule has 0 spiro atoms. The number of urea groups is 1. The minimum Gasteiger partial charge on any atom is -0.330 e. The Bertz CT molecular complexity index is 926. The van der Waals surface area contributed by atoms with Crippen LogP contribution >= 0.6 is 0 Å². The number of anilines is 1. The molecule has 1 atom stereocenters. The zero-order valence-electron chi connectivity index (χ0n) is 12.7. The average molecular weight is 370 g/mol.